The molecule has 10 nitrogen and oxygen atoms in total. The van der Waals surface area contributed by atoms with Gasteiger partial charge >= 0.3 is 6.09 Å². The first kappa shape index (κ1) is 35.8. The molecule has 49 heavy (non-hydrogen) atoms. The third-order valence-corrected chi connectivity index (χ3v) is 13.9. The SMILES string of the molecule is C=N[C@]1(C(CNCN(C)C)(c2cccc(F)c2)C2CCN(CC3CN(c4ccc(S(=O)(=O)C5CC5)cc4)C3)CC2)CCC[C@@H]1NC(=O)OC. The van der Waals surface area contributed by atoms with Gasteiger partial charge in [-0.3, -0.25) is 9.89 Å². The lowest BCUT2D eigenvalue weighted by Crippen LogP contribution is -2.67. The van der Waals surface area contributed by atoms with Crippen LogP contribution in [0.4, 0.5) is 14.9 Å². The molecule has 2 saturated heterocycles. The van der Waals surface area contributed by atoms with Gasteiger partial charge in [0.15, 0.2) is 9.84 Å². The number of carbonyl (C=O) groups is 1. The second-order valence-corrected chi connectivity index (χ2v) is 17.1. The molecule has 4 aliphatic rings. The molecule has 2 heterocycles. The topological polar surface area (TPSA) is 107 Å². The highest BCUT2D eigenvalue weighted by Crippen LogP contribution is 2.55. The number of nitrogens with one attached hydrogen (secondary N) is 2. The molecule has 268 valence electrons. The Labute approximate surface area is 291 Å². The number of piperidine rings is 1. The standard InChI is InChI=1S/C37H53FN6O4S/c1-39-37(18-6-9-34(37)41-35(45)48-4)36(25-40-26-42(2)3,29-7-5-8-30(38)21-29)28-16-19-43(20-17-28)22-27-23-44(24-27)31-10-12-32(13-11-31)49(46,47)33-14-15-33/h5,7-8,10-13,21,27-28,33-34,40H,1,6,9,14-20,22-26H2,2-4H3,(H,41,45)/t34-,36?,37+/m0/s1. The Morgan fingerprint density at radius 1 is 1.10 bits per heavy atom. The first-order chi connectivity index (χ1) is 23.5. The van der Waals surface area contributed by atoms with Crippen LogP contribution in [0.25, 0.3) is 0 Å². The normalized spacial score (nSPS) is 25.2. The maximum Gasteiger partial charge on any atom is 0.407 e. The number of amides is 1. The number of aliphatic imine (C=N–C) groups is 1. The van der Waals surface area contributed by atoms with Crippen molar-refractivity contribution in [3.8, 4) is 0 Å². The van der Waals surface area contributed by atoms with Gasteiger partial charge in [-0.25, -0.2) is 17.6 Å². The van der Waals surface area contributed by atoms with Gasteiger partial charge in [0.05, 0.1) is 28.8 Å². The minimum Gasteiger partial charge on any atom is -0.453 e. The molecule has 4 fully saturated rings. The van der Waals surface area contributed by atoms with Crippen LogP contribution in [0.5, 0.6) is 0 Å². The predicted molar refractivity (Wildman–Crippen MR) is 192 cm³/mol. The van der Waals surface area contributed by atoms with Gasteiger partial charge in [-0.2, -0.15) is 0 Å². The first-order valence-corrected chi connectivity index (χ1v) is 19.3. The molecule has 2 N–H and O–H groups in total. The maximum atomic E-state index is 15.1. The van der Waals surface area contributed by atoms with Crippen LogP contribution in [0.1, 0.15) is 50.5 Å². The number of alkyl carbamates (subject to hydrolysis) is 1. The molecule has 6 rings (SSSR count). The molecule has 0 radical (unpaired) electrons. The highest BCUT2D eigenvalue weighted by molar-refractivity contribution is 7.92. The van der Waals surface area contributed by atoms with E-state index in [1.807, 2.05) is 32.3 Å². The summed E-state index contributed by atoms with van der Waals surface area (Å²) in [7, 11) is 2.24. The second-order valence-electron chi connectivity index (χ2n) is 14.9. The summed E-state index contributed by atoms with van der Waals surface area (Å²) in [4.78, 5) is 25.0. The highest BCUT2D eigenvalue weighted by atomic mass is 32.2. The Kier molecular flexibility index (Phi) is 10.7. The van der Waals surface area contributed by atoms with Crippen molar-refractivity contribution in [2.24, 2.45) is 16.8 Å². The summed E-state index contributed by atoms with van der Waals surface area (Å²) >= 11 is 0. The molecule has 2 aromatic rings. The van der Waals surface area contributed by atoms with Crippen LogP contribution in [0.15, 0.2) is 58.4 Å². The van der Waals surface area contributed by atoms with E-state index in [2.05, 4.69) is 32.1 Å². The van der Waals surface area contributed by atoms with E-state index in [0.29, 0.717) is 24.0 Å². The third-order valence-electron chi connectivity index (χ3n) is 11.6. The lowest BCUT2D eigenvalue weighted by atomic mass is 9.54. The van der Waals surface area contributed by atoms with E-state index < -0.39 is 26.9 Å². The summed E-state index contributed by atoms with van der Waals surface area (Å²) in [6.45, 7) is 10.1. The molecular formula is C37H53FN6O4S. The molecule has 1 unspecified atom stereocenters. The molecule has 2 saturated carbocycles. The van der Waals surface area contributed by atoms with Gasteiger partial charge < -0.3 is 25.2 Å². The Balaban J connectivity index is 1.18. The zero-order valence-corrected chi connectivity index (χ0v) is 30.1. The fraction of sp³-hybridized carbons (Fsp3) is 0.622. The van der Waals surface area contributed by atoms with E-state index in [9.17, 15) is 13.2 Å². The molecule has 12 heteroatoms. The van der Waals surface area contributed by atoms with Crippen molar-refractivity contribution < 1.29 is 22.3 Å². The van der Waals surface area contributed by atoms with Gasteiger partial charge in [-0.05, 0) is 127 Å². The van der Waals surface area contributed by atoms with Gasteiger partial charge in [0.2, 0.25) is 0 Å². The van der Waals surface area contributed by atoms with E-state index >= 15 is 4.39 Å². The summed E-state index contributed by atoms with van der Waals surface area (Å²) in [6, 6.07) is 14.1. The second kappa shape index (κ2) is 14.7. The summed E-state index contributed by atoms with van der Waals surface area (Å²) in [5.41, 5.74) is 0.578. The average Bonchev–Trinajstić information content (AvgIpc) is 3.87. The van der Waals surface area contributed by atoms with Gasteiger partial charge in [-0.15, -0.1) is 0 Å². The molecule has 0 bridgehead atoms. The fourth-order valence-corrected chi connectivity index (χ4v) is 10.7. The number of nitrogens with zero attached hydrogens (tertiary/aromatic N) is 4. The van der Waals surface area contributed by atoms with Crippen LogP contribution in [0.2, 0.25) is 0 Å². The zero-order valence-electron chi connectivity index (χ0n) is 29.2. The molecule has 3 atom stereocenters. The molecule has 2 aliphatic carbocycles. The molecular weight excluding hydrogens is 644 g/mol. The van der Waals surface area contributed by atoms with Crippen LogP contribution in [0.3, 0.4) is 0 Å². The largest absolute Gasteiger partial charge is 0.453 e. The Bertz CT molecular complexity index is 1570. The number of anilines is 1. The van der Waals surface area contributed by atoms with Crippen LogP contribution in [-0.2, 0) is 20.0 Å². The number of rotatable bonds is 14. The van der Waals surface area contributed by atoms with Crippen LogP contribution >= 0.6 is 0 Å². The zero-order chi connectivity index (χ0) is 34.8. The van der Waals surface area contributed by atoms with Crippen molar-refractivity contribution in [2.45, 2.75) is 72.1 Å². The molecule has 2 aromatic carbocycles. The maximum absolute atomic E-state index is 15.1. The molecule has 1 amide bonds. The number of hydrogen-bond donors (Lipinski definition) is 2. The number of benzene rings is 2. The van der Waals surface area contributed by atoms with Crippen molar-refractivity contribution in [2.75, 3.05) is 72.0 Å². The minimum absolute atomic E-state index is 0.161. The lowest BCUT2D eigenvalue weighted by Gasteiger charge is -2.56. The van der Waals surface area contributed by atoms with E-state index in [0.717, 1.165) is 88.9 Å². The van der Waals surface area contributed by atoms with Gasteiger partial charge in [0.1, 0.15) is 5.82 Å². The number of halogens is 1. The first-order valence-electron chi connectivity index (χ1n) is 17.8. The van der Waals surface area contributed by atoms with Crippen LogP contribution < -0.4 is 15.5 Å². The lowest BCUT2D eigenvalue weighted by molar-refractivity contribution is 0.0488. The summed E-state index contributed by atoms with van der Waals surface area (Å²) < 4.78 is 45.4. The fourth-order valence-electron chi connectivity index (χ4n) is 9.01. The monoisotopic (exact) mass is 696 g/mol. The van der Waals surface area contributed by atoms with Crippen LogP contribution in [-0.4, -0.2) is 115 Å². The summed E-state index contributed by atoms with van der Waals surface area (Å²) in [5.74, 6) is 0.412. The quantitative estimate of drug-likeness (QED) is 0.223. The van der Waals surface area contributed by atoms with E-state index in [-0.39, 0.29) is 23.0 Å². The van der Waals surface area contributed by atoms with Crippen LogP contribution in [0, 0.1) is 17.7 Å². The Hall–Kier alpha value is -3.06. The molecule has 2 aliphatic heterocycles. The van der Waals surface area contributed by atoms with E-state index in [1.165, 1.54) is 13.2 Å². The number of carbonyl (C=O) groups excluding carboxylic acids is 1. The average molecular weight is 697 g/mol. The summed E-state index contributed by atoms with van der Waals surface area (Å²) in [6.07, 6.45) is 5.23. The number of ether oxygens (including phenoxy) is 1. The van der Waals surface area contributed by atoms with E-state index in [4.69, 9.17) is 9.73 Å². The van der Waals surface area contributed by atoms with Crippen molar-refractivity contribution >= 4 is 28.3 Å². The number of methoxy groups -OCH3 is 1. The van der Waals surface area contributed by atoms with Crippen molar-refractivity contribution in [3.05, 3.63) is 59.9 Å². The van der Waals surface area contributed by atoms with Crippen molar-refractivity contribution in [1.82, 2.24) is 20.4 Å². The third kappa shape index (κ3) is 7.11. The molecule has 0 aromatic heterocycles. The Morgan fingerprint density at radius 2 is 1.82 bits per heavy atom. The highest BCUT2D eigenvalue weighted by Gasteiger charge is 2.62. The van der Waals surface area contributed by atoms with Crippen molar-refractivity contribution in [1.29, 1.82) is 0 Å². The minimum atomic E-state index is -3.18. The predicted octanol–water partition coefficient (Wildman–Crippen LogP) is 4.30. The summed E-state index contributed by atoms with van der Waals surface area (Å²) in [5, 5.41) is 6.60. The Morgan fingerprint density at radius 3 is 2.43 bits per heavy atom. The number of sulfone groups is 1. The smallest absolute Gasteiger partial charge is 0.407 e. The van der Waals surface area contributed by atoms with Gasteiger partial charge in [0, 0.05) is 49.9 Å². The van der Waals surface area contributed by atoms with E-state index in [1.54, 1.807) is 24.3 Å². The molecule has 0 spiro atoms. The van der Waals surface area contributed by atoms with Gasteiger partial charge in [0.25, 0.3) is 0 Å². The number of likely N-dealkylation sites (tertiary alicyclic amines) is 1. The van der Waals surface area contributed by atoms with Crippen molar-refractivity contribution in [3.63, 3.8) is 0 Å². The van der Waals surface area contributed by atoms with Gasteiger partial charge in [-0.1, -0.05) is 12.1 Å². The number of hydrogen-bond acceptors (Lipinski definition) is 9.